The second-order valence-corrected chi connectivity index (χ2v) is 13.0. The molecule has 50 heavy (non-hydrogen) atoms. The predicted octanol–water partition coefficient (Wildman–Crippen LogP) is 9.23. The van der Waals surface area contributed by atoms with Crippen molar-refractivity contribution >= 4 is 60.0 Å². The first kappa shape index (κ1) is 27.1. The number of fused-ring (bicyclic) bond motifs is 9. The minimum Gasteiger partial charge on any atom is -0.455 e. The van der Waals surface area contributed by atoms with Crippen LogP contribution in [0.3, 0.4) is 0 Å². The zero-order chi connectivity index (χ0) is 32.8. The Kier molecular flexibility index (Phi) is 5.60. The number of hydrogen-bond donors (Lipinski definition) is 0. The third-order valence-corrected chi connectivity index (χ3v) is 10.2. The Bertz CT molecular complexity index is 3080. The average molecular weight is 642 g/mol. The zero-order valence-electron chi connectivity index (χ0n) is 26.9. The van der Waals surface area contributed by atoms with Crippen LogP contribution in [0.15, 0.2) is 181 Å². The molecule has 5 heteroatoms. The lowest BCUT2D eigenvalue weighted by molar-refractivity contribution is -0.858. The number of furan rings is 1. The van der Waals surface area contributed by atoms with Gasteiger partial charge >= 0.3 is 19.0 Å². The fraction of sp³-hybridized carbons (Fsp3) is 0. The van der Waals surface area contributed by atoms with Crippen LogP contribution in [-0.2, 0) is 0 Å². The van der Waals surface area contributed by atoms with E-state index in [4.69, 9.17) is 4.42 Å². The molecule has 0 fully saturated rings. The van der Waals surface area contributed by atoms with Crippen LogP contribution in [0.5, 0.6) is 0 Å². The monoisotopic (exact) mass is 641 g/mol. The van der Waals surface area contributed by atoms with E-state index in [1.165, 1.54) is 38.1 Å². The summed E-state index contributed by atoms with van der Waals surface area (Å²) in [7, 11) is 0. The first-order chi connectivity index (χ1) is 24.8. The smallest absolute Gasteiger partial charge is 0.428 e. The summed E-state index contributed by atoms with van der Waals surface area (Å²) in [6.45, 7) is 0. The van der Waals surface area contributed by atoms with Gasteiger partial charge in [-0.15, -0.1) is 0 Å². The van der Waals surface area contributed by atoms with Gasteiger partial charge in [0.2, 0.25) is 17.1 Å². The van der Waals surface area contributed by atoms with Crippen molar-refractivity contribution in [2.45, 2.75) is 0 Å². The summed E-state index contributed by atoms with van der Waals surface area (Å²) >= 11 is 0. The van der Waals surface area contributed by atoms with Crippen molar-refractivity contribution in [2.75, 3.05) is 0 Å². The predicted molar refractivity (Wildman–Crippen MR) is 198 cm³/mol. The van der Waals surface area contributed by atoms with Gasteiger partial charge in [0.15, 0.2) is 0 Å². The topological polar surface area (TPSA) is 29.2 Å². The van der Waals surface area contributed by atoms with Gasteiger partial charge in [-0.1, -0.05) is 105 Å². The molecular weight excluding hydrogens is 613 g/mol. The highest BCUT2D eigenvalue weighted by molar-refractivity contribution is 6.23. The van der Waals surface area contributed by atoms with Crippen LogP contribution < -0.4 is 13.7 Å². The molecule has 0 aliphatic carbocycles. The van der Waals surface area contributed by atoms with Gasteiger partial charge in [-0.2, -0.15) is 0 Å². The van der Waals surface area contributed by atoms with Crippen molar-refractivity contribution in [3.8, 4) is 28.2 Å². The number of benzene rings is 7. The molecule has 0 aliphatic heterocycles. The number of rotatable bonds is 4. The van der Waals surface area contributed by atoms with Crippen LogP contribution in [0.4, 0.5) is 0 Å². The fourth-order valence-corrected chi connectivity index (χ4v) is 7.86. The summed E-state index contributed by atoms with van der Waals surface area (Å²) in [5, 5.41) is 7.40. The normalized spacial score (nSPS) is 12.0. The molecule has 7 aromatic carbocycles. The lowest BCUT2D eigenvalue weighted by Crippen LogP contribution is -2.55. The summed E-state index contributed by atoms with van der Waals surface area (Å²) in [5.41, 5.74) is 11.0. The van der Waals surface area contributed by atoms with Crippen molar-refractivity contribution in [3.63, 3.8) is 0 Å². The highest BCUT2D eigenvalue weighted by Crippen LogP contribution is 2.39. The minimum absolute atomic E-state index is 0.909. The van der Waals surface area contributed by atoms with Gasteiger partial charge in [-0.05, 0) is 35.9 Å². The molecule has 0 unspecified atom stereocenters. The standard InChI is InChI=1S/C45H29N4O/c1-2-10-31(11-3-1)46-27-47(32-22-20-30(21-23-32)34-14-8-17-40-37-13-5-7-19-43(37)50-45(34)40)29-48(28-46)33-24-25-36-39-16-9-15-38-35-12-4-6-18-41(35)49(44(38)39)42(36)26-33/h1-29H/q+3. The number of nitrogens with zero attached hydrogens (tertiary/aromatic N) is 4. The molecule has 0 saturated heterocycles. The number of para-hydroxylation sites is 5. The Morgan fingerprint density at radius 1 is 0.400 bits per heavy atom. The lowest BCUT2D eigenvalue weighted by Gasteiger charge is -2.03. The van der Waals surface area contributed by atoms with Gasteiger partial charge in [0.05, 0.1) is 16.6 Å². The van der Waals surface area contributed by atoms with Crippen LogP contribution in [0, 0.1) is 0 Å². The quantitative estimate of drug-likeness (QED) is 0.176. The van der Waals surface area contributed by atoms with Gasteiger partial charge in [0.1, 0.15) is 11.2 Å². The fourth-order valence-electron chi connectivity index (χ4n) is 7.86. The molecular formula is C45H29N4O+3. The third kappa shape index (κ3) is 3.92. The largest absolute Gasteiger partial charge is 0.455 e. The van der Waals surface area contributed by atoms with Gasteiger partial charge in [0, 0.05) is 74.3 Å². The maximum atomic E-state index is 6.36. The van der Waals surface area contributed by atoms with Crippen molar-refractivity contribution < 1.29 is 18.1 Å². The van der Waals surface area contributed by atoms with Gasteiger partial charge in [0.25, 0.3) is 0 Å². The summed E-state index contributed by atoms with van der Waals surface area (Å²) in [6, 6.07) is 56.0. The number of aromatic nitrogens is 4. The van der Waals surface area contributed by atoms with E-state index in [1.54, 1.807) is 0 Å². The Hall–Kier alpha value is -6.85. The lowest BCUT2D eigenvalue weighted by atomic mass is 10.0. The molecule has 11 aromatic rings. The van der Waals surface area contributed by atoms with Gasteiger partial charge in [-0.3, -0.25) is 0 Å². The van der Waals surface area contributed by atoms with E-state index >= 15 is 0 Å². The Morgan fingerprint density at radius 2 is 0.980 bits per heavy atom. The first-order valence-electron chi connectivity index (χ1n) is 16.9. The second-order valence-electron chi connectivity index (χ2n) is 13.0. The molecule has 0 aliphatic rings. The van der Waals surface area contributed by atoms with Gasteiger partial charge < -0.3 is 8.82 Å². The van der Waals surface area contributed by atoms with Crippen molar-refractivity contribution in [2.24, 2.45) is 0 Å². The average Bonchev–Trinajstić information content (AvgIpc) is 3.85. The van der Waals surface area contributed by atoms with Crippen LogP contribution >= 0.6 is 0 Å². The first-order valence-corrected chi connectivity index (χ1v) is 16.9. The van der Waals surface area contributed by atoms with E-state index in [2.05, 4.69) is 183 Å². The van der Waals surface area contributed by atoms with Crippen molar-refractivity contribution in [3.05, 3.63) is 177 Å². The molecule has 0 spiro atoms. The van der Waals surface area contributed by atoms with Crippen LogP contribution in [0.1, 0.15) is 0 Å². The van der Waals surface area contributed by atoms with Gasteiger partial charge in [-0.25, -0.2) is 0 Å². The molecule has 0 bridgehead atoms. The van der Waals surface area contributed by atoms with E-state index in [0.717, 1.165) is 50.1 Å². The molecule has 0 N–H and O–H groups in total. The summed E-state index contributed by atoms with van der Waals surface area (Å²) in [5.74, 6) is 0. The Labute approximate surface area is 286 Å². The molecule has 4 heterocycles. The molecule has 4 aromatic heterocycles. The van der Waals surface area contributed by atoms with E-state index in [1.807, 2.05) is 12.1 Å². The minimum atomic E-state index is 0.909. The van der Waals surface area contributed by atoms with Crippen LogP contribution in [0.25, 0.3) is 88.2 Å². The second kappa shape index (κ2) is 10.3. The van der Waals surface area contributed by atoms with E-state index in [9.17, 15) is 0 Å². The SMILES string of the molecule is c1ccc(-[n+]2c[n+](-c3ccc(-c4cccc5c4oc4ccccc45)cc3)c[n+](-c3ccc4c5cccc6c7ccccc7n(c4c3)c65)c2)cc1. The van der Waals surface area contributed by atoms with Crippen LogP contribution in [-0.4, -0.2) is 4.40 Å². The number of hydrogen-bond acceptors (Lipinski definition) is 1. The Balaban J connectivity index is 1.07. The maximum Gasteiger partial charge on any atom is 0.428 e. The molecule has 232 valence electrons. The van der Waals surface area contributed by atoms with E-state index in [0.29, 0.717) is 0 Å². The van der Waals surface area contributed by atoms with E-state index < -0.39 is 0 Å². The highest BCUT2D eigenvalue weighted by Gasteiger charge is 2.26. The zero-order valence-corrected chi connectivity index (χ0v) is 26.9. The third-order valence-electron chi connectivity index (χ3n) is 10.2. The summed E-state index contributed by atoms with van der Waals surface area (Å²) in [4.78, 5) is 0. The van der Waals surface area contributed by atoms with Crippen molar-refractivity contribution in [1.29, 1.82) is 0 Å². The van der Waals surface area contributed by atoms with E-state index in [-0.39, 0.29) is 0 Å². The molecule has 11 rings (SSSR count). The molecule has 0 amide bonds. The van der Waals surface area contributed by atoms with Crippen molar-refractivity contribution in [1.82, 2.24) is 4.40 Å². The highest BCUT2D eigenvalue weighted by atomic mass is 16.3. The molecule has 0 atom stereocenters. The summed E-state index contributed by atoms with van der Waals surface area (Å²) in [6.07, 6.45) is 6.43. The molecule has 0 radical (unpaired) electrons. The molecule has 5 nitrogen and oxygen atoms in total. The molecule has 0 saturated carbocycles. The van der Waals surface area contributed by atoms with Crippen LogP contribution in [0.2, 0.25) is 0 Å². The Morgan fingerprint density at radius 3 is 1.78 bits per heavy atom. The maximum absolute atomic E-state index is 6.36. The summed E-state index contributed by atoms with van der Waals surface area (Å²) < 4.78 is 15.4.